The summed E-state index contributed by atoms with van der Waals surface area (Å²) in [6.07, 6.45) is 6.05. The number of aryl methyl sites for hydroxylation is 1. The molecule has 3 nitrogen and oxygen atoms in total. The highest BCUT2D eigenvalue weighted by molar-refractivity contribution is 5.95. The van der Waals surface area contributed by atoms with Gasteiger partial charge in [0.05, 0.1) is 5.56 Å². The van der Waals surface area contributed by atoms with Crippen molar-refractivity contribution >= 4 is 11.6 Å². The van der Waals surface area contributed by atoms with E-state index in [9.17, 15) is 9.18 Å². The van der Waals surface area contributed by atoms with Gasteiger partial charge in [0.25, 0.3) is 5.91 Å². The average molecular weight is 264 g/mol. The number of carbonyl (C=O) groups excluding carboxylic acids is 1. The summed E-state index contributed by atoms with van der Waals surface area (Å²) in [5.74, 6) is -0.309. The molecule has 0 radical (unpaired) electrons. The van der Waals surface area contributed by atoms with E-state index in [1.807, 2.05) is 0 Å². The number of anilines is 1. The average Bonchev–Trinajstić information content (AvgIpc) is 2.41. The lowest BCUT2D eigenvalue weighted by Crippen LogP contribution is -2.31. The largest absolute Gasteiger partial charge is 0.399 e. The van der Waals surface area contributed by atoms with Gasteiger partial charge in [-0.3, -0.25) is 4.79 Å². The molecule has 0 aromatic heterocycles. The molecule has 0 heterocycles. The Morgan fingerprint density at radius 3 is 2.74 bits per heavy atom. The Bertz CT molecular complexity index is 467. The van der Waals surface area contributed by atoms with Crippen LogP contribution in [0, 0.1) is 18.7 Å². The highest BCUT2D eigenvalue weighted by atomic mass is 19.1. The molecule has 3 N–H and O–H groups in total. The van der Waals surface area contributed by atoms with Crippen molar-refractivity contribution in [3.63, 3.8) is 0 Å². The first-order chi connectivity index (χ1) is 9.08. The number of carbonyl (C=O) groups is 1. The topological polar surface area (TPSA) is 55.1 Å². The first kappa shape index (κ1) is 13.8. The van der Waals surface area contributed by atoms with Crippen molar-refractivity contribution in [2.75, 3.05) is 12.3 Å². The Kier molecular flexibility index (Phi) is 4.40. The van der Waals surface area contributed by atoms with Gasteiger partial charge in [0.2, 0.25) is 0 Å². The van der Waals surface area contributed by atoms with Crippen LogP contribution in [0.15, 0.2) is 12.1 Å². The molecule has 0 unspecified atom stereocenters. The summed E-state index contributed by atoms with van der Waals surface area (Å²) in [6.45, 7) is 2.25. The molecular formula is C15H21FN2O. The van der Waals surface area contributed by atoms with Crippen LogP contribution in [-0.4, -0.2) is 12.5 Å². The van der Waals surface area contributed by atoms with Crippen LogP contribution in [0.1, 0.15) is 48.0 Å². The summed E-state index contributed by atoms with van der Waals surface area (Å²) >= 11 is 0. The monoisotopic (exact) mass is 264 g/mol. The number of rotatable bonds is 3. The molecule has 1 aromatic rings. The quantitative estimate of drug-likeness (QED) is 0.824. The van der Waals surface area contributed by atoms with Gasteiger partial charge >= 0.3 is 0 Å². The van der Waals surface area contributed by atoms with E-state index in [2.05, 4.69) is 5.32 Å². The Hall–Kier alpha value is -1.58. The van der Waals surface area contributed by atoms with E-state index < -0.39 is 5.82 Å². The van der Waals surface area contributed by atoms with Gasteiger partial charge in [0, 0.05) is 12.2 Å². The second kappa shape index (κ2) is 6.04. The van der Waals surface area contributed by atoms with Gasteiger partial charge in [-0.15, -0.1) is 0 Å². The molecule has 0 bridgehead atoms. The van der Waals surface area contributed by atoms with Crippen LogP contribution in [0.5, 0.6) is 0 Å². The Morgan fingerprint density at radius 1 is 1.37 bits per heavy atom. The third-order valence-corrected chi connectivity index (χ3v) is 3.80. The molecule has 0 spiro atoms. The van der Waals surface area contributed by atoms with Gasteiger partial charge in [-0.25, -0.2) is 4.39 Å². The third-order valence-electron chi connectivity index (χ3n) is 3.80. The summed E-state index contributed by atoms with van der Waals surface area (Å²) in [7, 11) is 0. The summed E-state index contributed by atoms with van der Waals surface area (Å²) in [5, 5.41) is 2.83. The highest BCUT2D eigenvalue weighted by Crippen LogP contribution is 2.23. The molecule has 1 aliphatic carbocycles. The van der Waals surface area contributed by atoms with E-state index in [-0.39, 0.29) is 11.5 Å². The van der Waals surface area contributed by atoms with Gasteiger partial charge in [-0.2, -0.15) is 0 Å². The first-order valence-electron chi connectivity index (χ1n) is 6.91. The Morgan fingerprint density at radius 2 is 2.05 bits per heavy atom. The van der Waals surface area contributed by atoms with E-state index >= 15 is 0 Å². The lowest BCUT2D eigenvalue weighted by atomic mass is 9.89. The van der Waals surface area contributed by atoms with Gasteiger partial charge in [-0.05, 0) is 43.4 Å². The van der Waals surface area contributed by atoms with Crippen LogP contribution < -0.4 is 11.1 Å². The van der Waals surface area contributed by atoms with Crippen LogP contribution in [0.3, 0.4) is 0 Å². The van der Waals surface area contributed by atoms with Crippen LogP contribution in [0.25, 0.3) is 0 Å². The maximum Gasteiger partial charge on any atom is 0.254 e. The number of nitrogen functional groups attached to an aromatic ring is 1. The molecule has 1 aliphatic rings. The zero-order valence-corrected chi connectivity index (χ0v) is 11.3. The number of halogens is 1. The normalized spacial score (nSPS) is 16.3. The molecule has 0 saturated heterocycles. The summed E-state index contributed by atoms with van der Waals surface area (Å²) < 4.78 is 13.9. The molecule has 1 amide bonds. The van der Waals surface area contributed by atoms with E-state index in [0.717, 1.165) is 12.8 Å². The van der Waals surface area contributed by atoms with E-state index in [1.54, 1.807) is 6.92 Å². The maximum absolute atomic E-state index is 13.9. The zero-order chi connectivity index (χ0) is 13.8. The second-order valence-corrected chi connectivity index (χ2v) is 5.41. The predicted octanol–water partition coefficient (Wildman–Crippen LogP) is 3.03. The number of benzene rings is 1. The zero-order valence-electron chi connectivity index (χ0n) is 11.3. The highest BCUT2D eigenvalue weighted by Gasteiger charge is 2.17. The predicted molar refractivity (Wildman–Crippen MR) is 74.5 cm³/mol. The van der Waals surface area contributed by atoms with Crippen molar-refractivity contribution in [1.29, 1.82) is 0 Å². The molecule has 4 heteroatoms. The molecule has 0 aliphatic heterocycles. The Labute approximate surface area is 113 Å². The molecule has 1 saturated carbocycles. The molecule has 1 aromatic carbocycles. The van der Waals surface area contributed by atoms with Gasteiger partial charge in [0.1, 0.15) is 5.82 Å². The number of nitrogens with two attached hydrogens (primary N) is 1. The maximum atomic E-state index is 13.9. The number of nitrogens with one attached hydrogen (secondary N) is 1. The fraction of sp³-hybridized carbons (Fsp3) is 0.533. The van der Waals surface area contributed by atoms with Gasteiger partial charge in [-0.1, -0.05) is 19.3 Å². The van der Waals surface area contributed by atoms with Gasteiger partial charge in [0.15, 0.2) is 0 Å². The van der Waals surface area contributed by atoms with Crippen LogP contribution in [0.2, 0.25) is 0 Å². The van der Waals surface area contributed by atoms with Crippen molar-refractivity contribution in [3.05, 3.63) is 29.1 Å². The minimum absolute atomic E-state index is 0.0494. The van der Waals surface area contributed by atoms with E-state index in [1.165, 1.54) is 31.4 Å². The van der Waals surface area contributed by atoms with Crippen LogP contribution in [-0.2, 0) is 0 Å². The summed E-state index contributed by atoms with van der Waals surface area (Å²) in [4.78, 5) is 12.0. The molecule has 19 heavy (non-hydrogen) atoms. The number of amides is 1. The standard InChI is InChI=1S/C15H21FN2O/c1-10-7-12(17)8-13(14(10)16)15(19)18-9-11-5-3-2-4-6-11/h7-8,11H,2-6,9,17H2,1H3,(H,18,19). The van der Waals surface area contributed by atoms with Crippen molar-refractivity contribution in [1.82, 2.24) is 5.32 Å². The van der Waals surface area contributed by atoms with Crippen LogP contribution >= 0.6 is 0 Å². The lowest BCUT2D eigenvalue weighted by molar-refractivity contribution is 0.0939. The van der Waals surface area contributed by atoms with E-state index in [0.29, 0.717) is 23.7 Å². The minimum atomic E-state index is -0.477. The molecular weight excluding hydrogens is 243 g/mol. The van der Waals surface area contributed by atoms with Crippen molar-refractivity contribution < 1.29 is 9.18 Å². The van der Waals surface area contributed by atoms with E-state index in [4.69, 9.17) is 5.73 Å². The molecule has 1 fully saturated rings. The summed E-state index contributed by atoms with van der Waals surface area (Å²) in [6, 6.07) is 2.94. The molecule has 104 valence electrons. The second-order valence-electron chi connectivity index (χ2n) is 5.41. The fourth-order valence-electron chi connectivity index (χ4n) is 2.69. The smallest absolute Gasteiger partial charge is 0.254 e. The minimum Gasteiger partial charge on any atom is -0.399 e. The number of hydrogen-bond acceptors (Lipinski definition) is 2. The lowest BCUT2D eigenvalue weighted by Gasteiger charge is -2.21. The van der Waals surface area contributed by atoms with Crippen molar-refractivity contribution in [2.45, 2.75) is 39.0 Å². The van der Waals surface area contributed by atoms with Crippen molar-refractivity contribution in [2.24, 2.45) is 5.92 Å². The molecule has 2 rings (SSSR count). The van der Waals surface area contributed by atoms with Crippen LogP contribution in [0.4, 0.5) is 10.1 Å². The fourth-order valence-corrected chi connectivity index (χ4v) is 2.69. The first-order valence-corrected chi connectivity index (χ1v) is 6.91. The molecule has 0 atom stereocenters. The van der Waals surface area contributed by atoms with Crippen molar-refractivity contribution in [3.8, 4) is 0 Å². The SMILES string of the molecule is Cc1cc(N)cc(C(=O)NCC2CCCCC2)c1F. The summed E-state index contributed by atoms with van der Waals surface area (Å²) in [5.41, 5.74) is 6.53. The number of hydrogen-bond donors (Lipinski definition) is 2. The van der Waals surface area contributed by atoms with Gasteiger partial charge < -0.3 is 11.1 Å². The Balaban J connectivity index is 1.99. The third kappa shape index (κ3) is 3.46.